The molecule has 0 aliphatic heterocycles. The van der Waals surface area contributed by atoms with Crippen molar-refractivity contribution in [1.82, 2.24) is 5.01 Å². The molecule has 1 rings (SSSR count). The zero-order valence-corrected chi connectivity index (χ0v) is 9.75. The van der Waals surface area contributed by atoms with Gasteiger partial charge in [0, 0.05) is 25.2 Å². The first-order chi connectivity index (χ1) is 7.06. The van der Waals surface area contributed by atoms with Crippen LogP contribution in [0.3, 0.4) is 0 Å². The number of halogens is 1. The molecule has 0 amide bonds. The first-order valence-electron chi connectivity index (χ1n) is 4.52. The van der Waals surface area contributed by atoms with E-state index in [0.29, 0.717) is 10.6 Å². The summed E-state index contributed by atoms with van der Waals surface area (Å²) in [6.45, 7) is 1.92. The second-order valence-corrected chi connectivity index (χ2v) is 3.81. The van der Waals surface area contributed by atoms with Gasteiger partial charge in [-0.2, -0.15) is 5.10 Å². The number of rotatable bonds is 3. The van der Waals surface area contributed by atoms with Crippen LogP contribution in [-0.2, 0) is 0 Å². The molecule has 0 saturated heterocycles. The standard InChI is InChI=1S/C11H13ClN2O/c1-8-4-5-11(12)10(7-15)9(8)6-13-14(2)3/h4-7H,1-3H3/b13-6-. The molecular formula is C11H13ClN2O. The van der Waals surface area contributed by atoms with Crippen LogP contribution < -0.4 is 0 Å². The molecule has 1 aromatic carbocycles. The van der Waals surface area contributed by atoms with Crippen LogP contribution in [0.5, 0.6) is 0 Å². The highest BCUT2D eigenvalue weighted by Gasteiger charge is 2.07. The molecule has 1 aromatic rings. The van der Waals surface area contributed by atoms with Crippen molar-refractivity contribution in [2.24, 2.45) is 5.10 Å². The third-order valence-electron chi connectivity index (χ3n) is 1.99. The third-order valence-corrected chi connectivity index (χ3v) is 2.32. The summed E-state index contributed by atoms with van der Waals surface area (Å²) < 4.78 is 0. The molecule has 0 N–H and O–H groups in total. The average molecular weight is 225 g/mol. The van der Waals surface area contributed by atoms with Crippen LogP contribution in [0.1, 0.15) is 21.5 Å². The SMILES string of the molecule is Cc1ccc(Cl)c(C=O)c1/C=N\N(C)C. The van der Waals surface area contributed by atoms with E-state index in [0.717, 1.165) is 17.4 Å². The normalized spacial score (nSPS) is 10.7. The summed E-state index contributed by atoms with van der Waals surface area (Å²) in [4.78, 5) is 10.9. The number of hydrogen-bond acceptors (Lipinski definition) is 3. The summed E-state index contributed by atoms with van der Waals surface area (Å²) in [5, 5.41) is 6.21. The zero-order valence-electron chi connectivity index (χ0n) is 8.99. The Labute approximate surface area is 94.3 Å². The highest BCUT2D eigenvalue weighted by atomic mass is 35.5. The van der Waals surface area contributed by atoms with Crippen molar-refractivity contribution in [3.63, 3.8) is 0 Å². The van der Waals surface area contributed by atoms with E-state index in [1.165, 1.54) is 0 Å². The number of hydrazone groups is 1. The van der Waals surface area contributed by atoms with E-state index >= 15 is 0 Å². The molecule has 15 heavy (non-hydrogen) atoms. The van der Waals surface area contributed by atoms with Crippen molar-refractivity contribution in [1.29, 1.82) is 0 Å². The maximum absolute atomic E-state index is 10.9. The van der Waals surface area contributed by atoms with E-state index in [2.05, 4.69) is 5.10 Å². The Hall–Kier alpha value is -1.35. The number of carbonyl (C=O) groups excluding carboxylic acids is 1. The molecule has 0 heterocycles. The summed E-state index contributed by atoms with van der Waals surface area (Å²) in [7, 11) is 3.63. The smallest absolute Gasteiger partial charge is 0.152 e. The molecule has 3 nitrogen and oxygen atoms in total. The van der Waals surface area contributed by atoms with Gasteiger partial charge in [-0.1, -0.05) is 17.7 Å². The number of aryl methyl sites for hydroxylation is 1. The Balaban J connectivity index is 3.25. The second-order valence-electron chi connectivity index (χ2n) is 3.40. The molecule has 0 bridgehead atoms. The Bertz CT molecular complexity index is 400. The Kier molecular flexibility index (Phi) is 3.86. The van der Waals surface area contributed by atoms with Crippen LogP contribution in [0.15, 0.2) is 17.2 Å². The van der Waals surface area contributed by atoms with Gasteiger partial charge in [0.1, 0.15) is 0 Å². The zero-order chi connectivity index (χ0) is 11.4. The van der Waals surface area contributed by atoms with Gasteiger partial charge in [-0.25, -0.2) is 0 Å². The van der Waals surface area contributed by atoms with Gasteiger partial charge in [-0.15, -0.1) is 0 Å². The lowest BCUT2D eigenvalue weighted by Gasteiger charge is -2.07. The van der Waals surface area contributed by atoms with Gasteiger partial charge in [0.15, 0.2) is 6.29 Å². The molecule has 0 radical (unpaired) electrons. The number of benzene rings is 1. The first-order valence-corrected chi connectivity index (χ1v) is 4.89. The monoisotopic (exact) mass is 224 g/mol. The highest BCUT2D eigenvalue weighted by Crippen LogP contribution is 2.20. The maximum Gasteiger partial charge on any atom is 0.152 e. The fraction of sp³-hybridized carbons (Fsp3) is 0.273. The number of nitrogens with zero attached hydrogens (tertiary/aromatic N) is 2. The molecule has 0 aromatic heterocycles. The van der Waals surface area contributed by atoms with E-state index in [4.69, 9.17) is 11.6 Å². The first kappa shape index (κ1) is 11.7. The summed E-state index contributed by atoms with van der Waals surface area (Å²) in [5.41, 5.74) is 2.24. The molecule has 0 fully saturated rings. The van der Waals surface area contributed by atoms with Crippen molar-refractivity contribution in [3.05, 3.63) is 33.8 Å². The van der Waals surface area contributed by atoms with Crippen LogP contribution in [0.4, 0.5) is 0 Å². The fourth-order valence-corrected chi connectivity index (χ4v) is 1.39. The van der Waals surface area contributed by atoms with Crippen LogP contribution >= 0.6 is 11.6 Å². The van der Waals surface area contributed by atoms with Gasteiger partial charge >= 0.3 is 0 Å². The van der Waals surface area contributed by atoms with Crippen LogP contribution in [-0.4, -0.2) is 31.6 Å². The lowest BCUT2D eigenvalue weighted by atomic mass is 10.0. The van der Waals surface area contributed by atoms with Crippen LogP contribution in [0.25, 0.3) is 0 Å². The average Bonchev–Trinajstić information content (AvgIpc) is 2.19. The molecule has 0 aliphatic rings. The number of aldehydes is 1. The van der Waals surface area contributed by atoms with E-state index in [9.17, 15) is 4.79 Å². The van der Waals surface area contributed by atoms with Gasteiger partial charge in [-0.05, 0) is 18.6 Å². The summed E-state index contributed by atoms with van der Waals surface area (Å²) in [6, 6.07) is 3.58. The molecule has 0 unspecified atom stereocenters. The van der Waals surface area contributed by atoms with Crippen molar-refractivity contribution >= 4 is 24.1 Å². The predicted octanol–water partition coefficient (Wildman–Crippen LogP) is 2.36. The lowest BCUT2D eigenvalue weighted by Crippen LogP contribution is -2.04. The van der Waals surface area contributed by atoms with Crippen LogP contribution in [0.2, 0.25) is 5.02 Å². The van der Waals surface area contributed by atoms with E-state index < -0.39 is 0 Å². The molecule has 0 atom stereocenters. The van der Waals surface area contributed by atoms with Gasteiger partial charge < -0.3 is 5.01 Å². The molecule has 4 heteroatoms. The maximum atomic E-state index is 10.9. The highest BCUT2D eigenvalue weighted by molar-refractivity contribution is 6.33. The predicted molar refractivity (Wildman–Crippen MR) is 62.9 cm³/mol. The molecule has 80 valence electrons. The van der Waals surface area contributed by atoms with E-state index in [1.807, 2.05) is 27.1 Å². The Morgan fingerprint density at radius 2 is 2.00 bits per heavy atom. The topological polar surface area (TPSA) is 32.7 Å². The van der Waals surface area contributed by atoms with Crippen molar-refractivity contribution < 1.29 is 4.79 Å². The van der Waals surface area contributed by atoms with Gasteiger partial charge in [-0.3, -0.25) is 4.79 Å². The fourth-order valence-electron chi connectivity index (χ4n) is 1.18. The summed E-state index contributed by atoms with van der Waals surface area (Å²) in [6.07, 6.45) is 2.40. The van der Waals surface area contributed by atoms with Gasteiger partial charge in [0.25, 0.3) is 0 Å². The summed E-state index contributed by atoms with van der Waals surface area (Å²) in [5.74, 6) is 0. The minimum atomic E-state index is 0.454. The van der Waals surface area contributed by atoms with E-state index in [1.54, 1.807) is 17.3 Å². The molecular weight excluding hydrogens is 212 g/mol. The Morgan fingerprint density at radius 1 is 1.33 bits per heavy atom. The summed E-state index contributed by atoms with van der Waals surface area (Å²) >= 11 is 5.91. The number of carbonyl (C=O) groups is 1. The largest absolute Gasteiger partial charge is 0.303 e. The minimum Gasteiger partial charge on any atom is -0.303 e. The molecule has 0 saturated carbocycles. The minimum absolute atomic E-state index is 0.454. The van der Waals surface area contributed by atoms with E-state index in [-0.39, 0.29) is 0 Å². The van der Waals surface area contributed by atoms with Crippen molar-refractivity contribution in [3.8, 4) is 0 Å². The quantitative estimate of drug-likeness (QED) is 0.449. The van der Waals surface area contributed by atoms with Crippen molar-refractivity contribution in [2.75, 3.05) is 14.1 Å². The van der Waals surface area contributed by atoms with Crippen molar-refractivity contribution in [2.45, 2.75) is 6.92 Å². The number of hydrogen-bond donors (Lipinski definition) is 0. The second kappa shape index (κ2) is 4.94. The Morgan fingerprint density at radius 3 is 2.53 bits per heavy atom. The molecule has 0 aliphatic carbocycles. The van der Waals surface area contributed by atoms with Gasteiger partial charge in [0.05, 0.1) is 11.2 Å². The van der Waals surface area contributed by atoms with Gasteiger partial charge in [0.2, 0.25) is 0 Å². The molecule has 0 spiro atoms. The third kappa shape index (κ3) is 2.80. The lowest BCUT2D eigenvalue weighted by molar-refractivity contribution is 0.112. The van der Waals surface area contributed by atoms with Crippen LogP contribution in [0, 0.1) is 6.92 Å².